The van der Waals surface area contributed by atoms with Gasteiger partial charge in [-0.1, -0.05) is 18.2 Å². The molecule has 1 aliphatic rings. The molecule has 1 aliphatic heterocycles. The summed E-state index contributed by atoms with van der Waals surface area (Å²) in [6.07, 6.45) is 0. The Bertz CT molecular complexity index is 450. The minimum absolute atomic E-state index is 0.0713. The van der Waals surface area contributed by atoms with Gasteiger partial charge in [0.2, 0.25) is 5.91 Å². The van der Waals surface area contributed by atoms with Crippen molar-refractivity contribution in [1.82, 2.24) is 15.5 Å². The highest BCUT2D eigenvalue weighted by Gasteiger charge is 2.13. The van der Waals surface area contributed by atoms with E-state index in [4.69, 9.17) is 4.74 Å². The molecule has 5 heteroatoms. The van der Waals surface area contributed by atoms with Gasteiger partial charge in [-0.15, -0.1) is 0 Å². The molecule has 1 aromatic rings. The summed E-state index contributed by atoms with van der Waals surface area (Å²) < 4.78 is 5.77. The van der Waals surface area contributed by atoms with Gasteiger partial charge in [0.05, 0.1) is 13.1 Å². The van der Waals surface area contributed by atoms with E-state index in [9.17, 15) is 4.79 Å². The maximum atomic E-state index is 11.8. The summed E-state index contributed by atoms with van der Waals surface area (Å²) >= 11 is 0. The average Bonchev–Trinajstić information content (AvgIpc) is 2.47. The van der Waals surface area contributed by atoms with Crippen LogP contribution in [0.2, 0.25) is 0 Å². The fourth-order valence-corrected chi connectivity index (χ4v) is 2.50. The van der Waals surface area contributed by atoms with Gasteiger partial charge >= 0.3 is 0 Å². The lowest BCUT2D eigenvalue weighted by Crippen LogP contribution is -2.47. The van der Waals surface area contributed by atoms with Crippen molar-refractivity contribution in [3.63, 3.8) is 0 Å². The predicted octanol–water partition coefficient (Wildman–Crippen LogP) is 0.704. The Kier molecular flexibility index (Phi) is 6.02. The number of amides is 1. The zero-order valence-electron chi connectivity index (χ0n) is 12.9. The zero-order valence-corrected chi connectivity index (χ0v) is 12.9. The lowest BCUT2D eigenvalue weighted by atomic mass is 10.1. The molecular formula is C16H25N3O2. The van der Waals surface area contributed by atoms with Gasteiger partial charge in [0.25, 0.3) is 0 Å². The van der Waals surface area contributed by atoms with Gasteiger partial charge in [-0.05, 0) is 25.0 Å². The van der Waals surface area contributed by atoms with E-state index in [2.05, 4.69) is 15.5 Å². The van der Waals surface area contributed by atoms with Gasteiger partial charge in [0.15, 0.2) is 0 Å². The number of aryl methyl sites for hydroxylation is 2. The first-order chi connectivity index (χ1) is 10.2. The number of nitrogens with zero attached hydrogens (tertiary/aromatic N) is 1. The van der Waals surface area contributed by atoms with Crippen molar-refractivity contribution in [2.75, 3.05) is 45.9 Å². The lowest BCUT2D eigenvalue weighted by molar-refractivity contribution is -0.122. The number of ether oxygens (including phenoxy) is 1. The molecule has 2 rings (SSSR count). The van der Waals surface area contributed by atoms with E-state index in [1.807, 2.05) is 32.0 Å². The van der Waals surface area contributed by atoms with Crippen LogP contribution in [0.1, 0.15) is 11.1 Å². The second-order valence-corrected chi connectivity index (χ2v) is 5.45. The van der Waals surface area contributed by atoms with Crippen LogP contribution >= 0.6 is 0 Å². The van der Waals surface area contributed by atoms with Crippen molar-refractivity contribution in [3.8, 4) is 5.75 Å². The summed E-state index contributed by atoms with van der Waals surface area (Å²) in [6, 6.07) is 6.09. The first kappa shape index (κ1) is 15.8. The van der Waals surface area contributed by atoms with Gasteiger partial charge in [0, 0.05) is 26.2 Å². The standard InChI is InChI=1S/C16H25N3O2/c1-13-4-3-5-14(2)16(13)21-11-8-18-15(20)12-19-9-6-17-7-10-19/h3-5,17H,6-12H2,1-2H3,(H,18,20). The maximum Gasteiger partial charge on any atom is 0.234 e. The summed E-state index contributed by atoms with van der Waals surface area (Å²) in [5.74, 6) is 0.996. The molecule has 0 spiro atoms. The third kappa shape index (κ3) is 5.02. The number of carbonyl (C=O) groups excluding carboxylic acids is 1. The number of nitrogens with one attached hydrogen (secondary N) is 2. The van der Waals surface area contributed by atoms with Crippen molar-refractivity contribution < 1.29 is 9.53 Å². The van der Waals surface area contributed by atoms with E-state index in [1.54, 1.807) is 0 Å². The quantitative estimate of drug-likeness (QED) is 0.758. The molecule has 0 unspecified atom stereocenters. The normalized spacial score (nSPS) is 15.7. The van der Waals surface area contributed by atoms with Crippen LogP contribution in [-0.2, 0) is 4.79 Å². The Morgan fingerprint density at radius 1 is 1.29 bits per heavy atom. The van der Waals surface area contributed by atoms with E-state index >= 15 is 0 Å². The van der Waals surface area contributed by atoms with Gasteiger partial charge in [-0.2, -0.15) is 0 Å². The van der Waals surface area contributed by atoms with Crippen LogP contribution in [0.3, 0.4) is 0 Å². The summed E-state index contributed by atoms with van der Waals surface area (Å²) in [5, 5.41) is 6.19. The number of para-hydroxylation sites is 1. The molecule has 1 heterocycles. The topological polar surface area (TPSA) is 53.6 Å². The SMILES string of the molecule is Cc1cccc(C)c1OCCNC(=O)CN1CCNCC1. The fourth-order valence-electron chi connectivity index (χ4n) is 2.50. The fraction of sp³-hybridized carbons (Fsp3) is 0.562. The largest absolute Gasteiger partial charge is 0.491 e. The van der Waals surface area contributed by atoms with Crippen LogP contribution < -0.4 is 15.4 Å². The third-order valence-corrected chi connectivity index (χ3v) is 3.66. The van der Waals surface area contributed by atoms with Gasteiger partial charge < -0.3 is 15.4 Å². The Morgan fingerprint density at radius 3 is 2.62 bits per heavy atom. The van der Waals surface area contributed by atoms with Crippen molar-refractivity contribution >= 4 is 5.91 Å². The predicted molar refractivity (Wildman–Crippen MR) is 83.7 cm³/mol. The van der Waals surface area contributed by atoms with E-state index in [0.717, 1.165) is 43.1 Å². The van der Waals surface area contributed by atoms with Crippen molar-refractivity contribution in [1.29, 1.82) is 0 Å². The van der Waals surface area contributed by atoms with Crippen LogP contribution in [0.4, 0.5) is 0 Å². The number of piperazine rings is 1. The molecule has 116 valence electrons. The van der Waals surface area contributed by atoms with Crippen LogP contribution in [0.25, 0.3) is 0 Å². The molecule has 0 atom stereocenters. The molecule has 0 radical (unpaired) electrons. The minimum Gasteiger partial charge on any atom is -0.491 e. The number of hydrogen-bond donors (Lipinski definition) is 2. The summed E-state index contributed by atoms with van der Waals surface area (Å²) in [4.78, 5) is 14.0. The highest BCUT2D eigenvalue weighted by molar-refractivity contribution is 5.78. The molecule has 0 aliphatic carbocycles. The second kappa shape index (κ2) is 8.00. The Hall–Kier alpha value is -1.59. The third-order valence-electron chi connectivity index (χ3n) is 3.66. The maximum absolute atomic E-state index is 11.8. The lowest BCUT2D eigenvalue weighted by Gasteiger charge is -2.26. The molecule has 5 nitrogen and oxygen atoms in total. The van der Waals surface area contributed by atoms with E-state index < -0.39 is 0 Å². The first-order valence-corrected chi connectivity index (χ1v) is 7.55. The van der Waals surface area contributed by atoms with Crippen LogP contribution in [0.5, 0.6) is 5.75 Å². The zero-order chi connectivity index (χ0) is 15.1. The highest BCUT2D eigenvalue weighted by Crippen LogP contribution is 2.21. The Labute approximate surface area is 126 Å². The molecule has 1 fully saturated rings. The van der Waals surface area contributed by atoms with E-state index in [0.29, 0.717) is 19.7 Å². The molecule has 0 bridgehead atoms. The second-order valence-electron chi connectivity index (χ2n) is 5.45. The minimum atomic E-state index is 0.0713. The molecule has 1 aromatic carbocycles. The van der Waals surface area contributed by atoms with Gasteiger partial charge in [0.1, 0.15) is 12.4 Å². The number of benzene rings is 1. The summed E-state index contributed by atoms with van der Waals surface area (Å²) in [5.41, 5.74) is 2.25. The Morgan fingerprint density at radius 2 is 1.95 bits per heavy atom. The molecule has 21 heavy (non-hydrogen) atoms. The van der Waals surface area contributed by atoms with Crippen LogP contribution in [0.15, 0.2) is 18.2 Å². The van der Waals surface area contributed by atoms with E-state index in [-0.39, 0.29) is 5.91 Å². The average molecular weight is 291 g/mol. The first-order valence-electron chi connectivity index (χ1n) is 7.55. The highest BCUT2D eigenvalue weighted by atomic mass is 16.5. The molecule has 0 aromatic heterocycles. The number of rotatable bonds is 6. The monoisotopic (exact) mass is 291 g/mol. The summed E-state index contributed by atoms with van der Waals surface area (Å²) in [6.45, 7) is 9.38. The molecule has 2 N–H and O–H groups in total. The smallest absolute Gasteiger partial charge is 0.234 e. The Balaban J connectivity index is 1.66. The van der Waals surface area contributed by atoms with Crippen molar-refractivity contribution in [2.24, 2.45) is 0 Å². The molecular weight excluding hydrogens is 266 g/mol. The summed E-state index contributed by atoms with van der Waals surface area (Å²) in [7, 11) is 0. The number of hydrogen-bond acceptors (Lipinski definition) is 4. The molecule has 0 saturated carbocycles. The molecule has 1 amide bonds. The van der Waals surface area contributed by atoms with Crippen molar-refractivity contribution in [3.05, 3.63) is 29.3 Å². The van der Waals surface area contributed by atoms with E-state index in [1.165, 1.54) is 0 Å². The van der Waals surface area contributed by atoms with Gasteiger partial charge in [-0.3, -0.25) is 9.69 Å². The molecule has 1 saturated heterocycles. The van der Waals surface area contributed by atoms with Gasteiger partial charge in [-0.25, -0.2) is 0 Å². The van der Waals surface area contributed by atoms with Crippen molar-refractivity contribution in [2.45, 2.75) is 13.8 Å². The van der Waals surface area contributed by atoms with Crippen LogP contribution in [0, 0.1) is 13.8 Å². The number of carbonyl (C=O) groups is 1. The van der Waals surface area contributed by atoms with Crippen LogP contribution in [-0.4, -0.2) is 56.7 Å².